The first-order chi connectivity index (χ1) is 14.0. The first kappa shape index (κ1) is 22.0. The molecule has 1 saturated heterocycles. The summed E-state index contributed by atoms with van der Waals surface area (Å²) in [6.07, 6.45) is -5.59. The van der Waals surface area contributed by atoms with Gasteiger partial charge in [0.15, 0.2) is 12.7 Å². The summed E-state index contributed by atoms with van der Waals surface area (Å²) in [6, 6.07) is 0.547. The minimum Gasteiger partial charge on any atom is -0.460 e. The molecule has 0 unspecified atom stereocenters. The fraction of sp³-hybridized carbons (Fsp3) is 0.312. The van der Waals surface area contributed by atoms with Crippen LogP contribution < -0.4 is 15.4 Å². The van der Waals surface area contributed by atoms with Gasteiger partial charge in [-0.15, -0.1) is 0 Å². The number of rotatable bonds is 6. The number of cyclic esters (lactones) is 1. The highest BCUT2D eigenvalue weighted by Gasteiger charge is 2.34. The number of nitrogens with zero attached hydrogens (tertiary/aromatic N) is 1. The maximum Gasteiger partial charge on any atom is 0.422 e. The van der Waals surface area contributed by atoms with Gasteiger partial charge in [0.1, 0.15) is 16.7 Å². The summed E-state index contributed by atoms with van der Waals surface area (Å²) in [5.41, 5.74) is -0.280. The second kappa shape index (κ2) is 8.60. The Hall–Kier alpha value is -2.67. The van der Waals surface area contributed by atoms with Crippen molar-refractivity contribution in [2.45, 2.75) is 18.3 Å². The van der Waals surface area contributed by atoms with E-state index in [4.69, 9.17) is 16.3 Å². The number of thiazole rings is 1. The zero-order chi connectivity index (χ0) is 22.1. The second-order valence-corrected chi connectivity index (χ2v) is 7.32. The number of hydrogen-bond donors (Lipinski definition) is 2. The van der Waals surface area contributed by atoms with Crippen molar-refractivity contribution in [3.8, 4) is 5.19 Å². The summed E-state index contributed by atoms with van der Waals surface area (Å²) in [4.78, 5) is 27.3. The van der Waals surface area contributed by atoms with Crippen LogP contribution in [-0.2, 0) is 9.53 Å². The first-order valence-electron chi connectivity index (χ1n) is 8.08. The monoisotopic (exact) mass is 471 g/mol. The molecule has 2 N–H and O–H groups in total. The number of hydrogen-bond acceptors (Lipinski definition) is 6. The number of benzene rings is 1. The Morgan fingerprint density at radius 3 is 2.80 bits per heavy atom. The fourth-order valence-corrected chi connectivity index (χ4v) is 3.46. The van der Waals surface area contributed by atoms with Gasteiger partial charge in [-0.05, 0) is 6.07 Å². The Labute approximate surface area is 174 Å². The van der Waals surface area contributed by atoms with E-state index in [2.05, 4.69) is 20.4 Å². The molecule has 1 fully saturated rings. The van der Waals surface area contributed by atoms with Crippen molar-refractivity contribution < 1.29 is 41.0 Å². The van der Waals surface area contributed by atoms with Crippen LogP contribution in [-0.4, -0.2) is 42.4 Å². The van der Waals surface area contributed by atoms with Crippen molar-refractivity contribution in [3.63, 3.8) is 0 Å². The van der Waals surface area contributed by atoms with E-state index in [0.29, 0.717) is 11.3 Å². The van der Waals surface area contributed by atoms with Gasteiger partial charge in [-0.3, -0.25) is 4.79 Å². The summed E-state index contributed by atoms with van der Waals surface area (Å²) < 4.78 is 74.4. The van der Waals surface area contributed by atoms with Crippen molar-refractivity contribution >= 4 is 34.9 Å². The van der Waals surface area contributed by atoms with E-state index in [9.17, 15) is 31.5 Å². The normalized spacial score (nSPS) is 17.3. The molecule has 2 heterocycles. The highest BCUT2D eigenvalue weighted by molar-refractivity contribution is 7.13. The van der Waals surface area contributed by atoms with E-state index in [1.54, 1.807) is 0 Å². The van der Waals surface area contributed by atoms with Crippen LogP contribution >= 0.6 is 22.9 Å². The third-order valence-electron chi connectivity index (χ3n) is 3.78. The van der Waals surface area contributed by atoms with Gasteiger partial charge >= 0.3 is 12.3 Å². The van der Waals surface area contributed by atoms with Crippen molar-refractivity contribution in [1.29, 1.82) is 0 Å². The van der Waals surface area contributed by atoms with Gasteiger partial charge in [-0.2, -0.15) is 13.2 Å². The quantitative estimate of drug-likeness (QED) is 0.498. The molecule has 162 valence electrons. The Morgan fingerprint density at radius 2 is 2.17 bits per heavy atom. The molecule has 0 radical (unpaired) electrons. The molecule has 30 heavy (non-hydrogen) atoms. The van der Waals surface area contributed by atoms with Gasteiger partial charge in [-0.25, -0.2) is 18.6 Å². The lowest BCUT2D eigenvalue weighted by Crippen LogP contribution is -2.39. The number of aromatic nitrogens is 1. The predicted octanol–water partition coefficient (Wildman–Crippen LogP) is 3.33. The van der Waals surface area contributed by atoms with Crippen LogP contribution in [0, 0.1) is 11.6 Å². The molecule has 1 aromatic carbocycles. The van der Waals surface area contributed by atoms with Gasteiger partial charge in [0.2, 0.25) is 0 Å². The Morgan fingerprint density at radius 1 is 1.43 bits per heavy atom. The molecule has 2 aromatic rings. The Bertz CT molecular complexity index is 971. The summed E-state index contributed by atoms with van der Waals surface area (Å²) >= 11 is 6.20. The molecule has 0 saturated carbocycles. The summed E-state index contributed by atoms with van der Waals surface area (Å²) in [6.45, 7) is -1.75. The maximum absolute atomic E-state index is 14.6. The molecule has 14 heteroatoms. The largest absolute Gasteiger partial charge is 0.460 e. The van der Waals surface area contributed by atoms with E-state index < -0.39 is 53.6 Å². The molecule has 3 rings (SSSR count). The molecule has 1 aliphatic rings. The van der Waals surface area contributed by atoms with Crippen molar-refractivity contribution in [3.05, 3.63) is 45.4 Å². The summed E-state index contributed by atoms with van der Waals surface area (Å²) in [5.74, 6) is -3.06. The lowest BCUT2D eigenvalue weighted by molar-refractivity contribution is -0.153. The number of nitrogens with one attached hydrogen (secondary N) is 2. The van der Waals surface area contributed by atoms with E-state index in [1.165, 1.54) is 0 Å². The number of carbonyl (C=O) groups is 2. The van der Waals surface area contributed by atoms with Gasteiger partial charge in [0.25, 0.3) is 11.1 Å². The van der Waals surface area contributed by atoms with E-state index >= 15 is 0 Å². The number of alkyl halides is 3. The zero-order valence-electron chi connectivity index (χ0n) is 14.6. The molecule has 2 amide bonds. The lowest BCUT2D eigenvalue weighted by atomic mass is 10.0. The molecule has 1 aromatic heterocycles. The highest BCUT2D eigenvalue weighted by Crippen LogP contribution is 2.35. The number of carbonyl (C=O) groups excluding carboxylic acids is 2. The molecule has 1 aliphatic heterocycles. The van der Waals surface area contributed by atoms with Crippen LogP contribution in [0.15, 0.2) is 18.3 Å². The SMILES string of the molecule is O=C1NC[C@@H](C(=O)N[C@H](c2cnc(OCC(F)(F)F)s2)c2ccc(F)c(Cl)c2F)O1. The average Bonchev–Trinajstić information content (AvgIpc) is 3.31. The molecular formula is C16H11ClF5N3O4S. The van der Waals surface area contributed by atoms with Crippen molar-refractivity contribution in [2.75, 3.05) is 13.2 Å². The van der Waals surface area contributed by atoms with E-state index in [-0.39, 0.29) is 22.2 Å². The number of alkyl carbamates (subject to hydrolysis) is 1. The number of amides is 2. The smallest absolute Gasteiger partial charge is 0.422 e. The molecular weight excluding hydrogens is 461 g/mol. The minimum absolute atomic E-state index is 0.0689. The van der Waals surface area contributed by atoms with Crippen LogP contribution in [0.3, 0.4) is 0 Å². The topological polar surface area (TPSA) is 89.6 Å². The van der Waals surface area contributed by atoms with Crippen LogP contribution in [0.2, 0.25) is 5.02 Å². The van der Waals surface area contributed by atoms with E-state index in [1.807, 2.05) is 0 Å². The average molecular weight is 472 g/mol. The fourth-order valence-electron chi connectivity index (χ4n) is 2.45. The molecule has 0 bridgehead atoms. The lowest BCUT2D eigenvalue weighted by Gasteiger charge is -2.20. The number of ether oxygens (including phenoxy) is 2. The van der Waals surface area contributed by atoms with Gasteiger partial charge in [0, 0.05) is 11.8 Å². The van der Waals surface area contributed by atoms with Crippen LogP contribution in [0.25, 0.3) is 0 Å². The Kier molecular flexibility index (Phi) is 6.31. The standard InChI is InChI=1S/C16H11ClF5N3O4S/c17-10-7(18)2-1-6(11(10)19)12(25-13(26)8-3-23-14(27)29-8)9-4-24-15(30-9)28-5-16(20,21)22/h1-2,4,8,12H,3,5H2,(H,23,27)(H,25,26)/t8-,12-/m0/s1. The van der Waals surface area contributed by atoms with E-state index in [0.717, 1.165) is 18.3 Å². The van der Waals surface area contributed by atoms with Gasteiger partial charge < -0.3 is 20.1 Å². The predicted molar refractivity (Wildman–Crippen MR) is 93.3 cm³/mol. The molecule has 0 aliphatic carbocycles. The van der Waals surface area contributed by atoms with Crippen LogP contribution in [0.5, 0.6) is 5.19 Å². The molecule has 7 nitrogen and oxygen atoms in total. The third-order valence-corrected chi connectivity index (χ3v) is 5.10. The highest BCUT2D eigenvalue weighted by atomic mass is 35.5. The van der Waals surface area contributed by atoms with Crippen LogP contribution in [0.4, 0.5) is 26.7 Å². The third kappa shape index (κ3) is 5.08. The van der Waals surface area contributed by atoms with Crippen molar-refractivity contribution in [2.24, 2.45) is 0 Å². The van der Waals surface area contributed by atoms with Gasteiger partial charge in [-0.1, -0.05) is 29.0 Å². The number of halogens is 6. The second-order valence-electron chi connectivity index (χ2n) is 5.91. The first-order valence-corrected chi connectivity index (χ1v) is 9.28. The van der Waals surface area contributed by atoms with Crippen molar-refractivity contribution in [1.82, 2.24) is 15.6 Å². The molecule has 2 atom stereocenters. The van der Waals surface area contributed by atoms with Gasteiger partial charge in [0.05, 0.1) is 17.5 Å². The van der Waals surface area contributed by atoms with Crippen LogP contribution in [0.1, 0.15) is 16.5 Å². The summed E-state index contributed by atoms with van der Waals surface area (Å²) in [5, 5.41) is 3.44. The summed E-state index contributed by atoms with van der Waals surface area (Å²) in [7, 11) is 0. The molecule has 0 spiro atoms. The maximum atomic E-state index is 14.6. The Balaban J connectivity index is 1.90. The minimum atomic E-state index is -4.60. The zero-order valence-corrected chi connectivity index (χ0v) is 16.1.